The fourth-order valence-electron chi connectivity index (χ4n) is 2.21. The third-order valence-corrected chi connectivity index (χ3v) is 3.37. The molecule has 1 rings (SSSR count). The van der Waals surface area contributed by atoms with Gasteiger partial charge >= 0.3 is 0 Å². The molecule has 4 nitrogen and oxygen atoms in total. The molecule has 1 aliphatic heterocycles. The third-order valence-electron chi connectivity index (χ3n) is 3.37. The first-order chi connectivity index (χ1) is 8.27. The van der Waals surface area contributed by atoms with Gasteiger partial charge in [0.2, 0.25) is 0 Å². The van der Waals surface area contributed by atoms with Crippen molar-refractivity contribution in [3.63, 3.8) is 0 Å². The van der Waals surface area contributed by atoms with Crippen molar-refractivity contribution >= 4 is 0 Å². The fraction of sp³-hybridized carbons (Fsp3) is 1.00. The van der Waals surface area contributed by atoms with E-state index >= 15 is 0 Å². The summed E-state index contributed by atoms with van der Waals surface area (Å²) in [4.78, 5) is 2.50. The molecule has 1 heterocycles. The molecule has 1 unspecified atom stereocenters. The molecule has 0 aliphatic carbocycles. The highest BCUT2D eigenvalue weighted by Gasteiger charge is 2.22. The predicted octanol–water partition coefficient (Wildman–Crippen LogP) is 1.24. The summed E-state index contributed by atoms with van der Waals surface area (Å²) >= 11 is 0. The van der Waals surface area contributed by atoms with Crippen LogP contribution < -0.4 is 5.73 Å². The zero-order valence-electron chi connectivity index (χ0n) is 11.4. The summed E-state index contributed by atoms with van der Waals surface area (Å²) in [6.45, 7) is 9.73. The van der Waals surface area contributed by atoms with Crippen LogP contribution in [0.4, 0.5) is 0 Å². The number of hydrogen-bond donors (Lipinski definition) is 1. The summed E-state index contributed by atoms with van der Waals surface area (Å²) in [5, 5.41) is 0. The second-order valence-electron chi connectivity index (χ2n) is 4.76. The number of likely N-dealkylation sites (tertiary alicyclic amines) is 1. The number of nitrogens with zero attached hydrogens (tertiary/aromatic N) is 1. The van der Waals surface area contributed by atoms with E-state index in [0.717, 1.165) is 58.7 Å². The van der Waals surface area contributed by atoms with E-state index in [-0.39, 0.29) is 0 Å². The Morgan fingerprint density at radius 3 is 2.65 bits per heavy atom. The fourth-order valence-corrected chi connectivity index (χ4v) is 2.21. The van der Waals surface area contributed by atoms with Crippen molar-refractivity contribution < 1.29 is 9.47 Å². The minimum Gasteiger partial charge on any atom is -0.380 e. The summed E-state index contributed by atoms with van der Waals surface area (Å²) < 4.78 is 11.3. The molecule has 2 N–H and O–H groups in total. The zero-order valence-corrected chi connectivity index (χ0v) is 11.4. The van der Waals surface area contributed by atoms with Crippen LogP contribution in [0.3, 0.4) is 0 Å². The summed E-state index contributed by atoms with van der Waals surface area (Å²) in [7, 11) is 0. The van der Waals surface area contributed by atoms with Crippen molar-refractivity contribution in [1.82, 2.24) is 4.90 Å². The van der Waals surface area contributed by atoms with Gasteiger partial charge in [0, 0.05) is 32.3 Å². The van der Waals surface area contributed by atoms with Gasteiger partial charge in [0.1, 0.15) is 0 Å². The van der Waals surface area contributed by atoms with Gasteiger partial charge in [-0.1, -0.05) is 0 Å². The number of rotatable bonds is 8. The molecule has 0 aromatic heterocycles. The molecular weight excluding hydrogens is 216 g/mol. The quantitative estimate of drug-likeness (QED) is 0.653. The summed E-state index contributed by atoms with van der Waals surface area (Å²) in [5.41, 5.74) is 5.45. The zero-order chi connectivity index (χ0) is 12.5. The Balaban J connectivity index is 2.12. The van der Waals surface area contributed by atoms with Crippen LogP contribution in [0.15, 0.2) is 0 Å². The monoisotopic (exact) mass is 244 g/mol. The lowest BCUT2D eigenvalue weighted by molar-refractivity contribution is -0.0122. The SMILES string of the molecule is CCOCC(C)N1CCC(OCCCN)CC1. The van der Waals surface area contributed by atoms with Crippen molar-refractivity contribution in [2.24, 2.45) is 5.73 Å². The highest BCUT2D eigenvalue weighted by Crippen LogP contribution is 2.16. The van der Waals surface area contributed by atoms with Crippen LogP contribution in [-0.4, -0.2) is 56.5 Å². The van der Waals surface area contributed by atoms with Crippen LogP contribution in [0.1, 0.15) is 33.1 Å². The van der Waals surface area contributed by atoms with Crippen LogP contribution >= 0.6 is 0 Å². The van der Waals surface area contributed by atoms with Gasteiger partial charge in [-0.2, -0.15) is 0 Å². The van der Waals surface area contributed by atoms with Gasteiger partial charge in [0.25, 0.3) is 0 Å². The molecule has 17 heavy (non-hydrogen) atoms. The first-order valence-electron chi connectivity index (χ1n) is 6.91. The molecule has 0 aromatic carbocycles. The van der Waals surface area contributed by atoms with E-state index in [2.05, 4.69) is 11.8 Å². The topological polar surface area (TPSA) is 47.7 Å². The Hall–Kier alpha value is -0.160. The molecule has 0 aromatic rings. The summed E-state index contributed by atoms with van der Waals surface area (Å²) in [5.74, 6) is 0. The van der Waals surface area contributed by atoms with E-state index in [1.807, 2.05) is 6.92 Å². The van der Waals surface area contributed by atoms with Gasteiger partial charge in [-0.3, -0.25) is 4.90 Å². The minimum atomic E-state index is 0.442. The van der Waals surface area contributed by atoms with Gasteiger partial charge in [0.15, 0.2) is 0 Å². The summed E-state index contributed by atoms with van der Waals surface area (Å²) in [6.07, 6.45) is 3.69. The molecule has 0 spiro atoms. The lowest BCUT2D eigenvalue weighted by atomic mass is 10.1. The van der Waals surface area contributed by atoms with Crippen LogP contribution in [0.25, 0.3) is 0 Å². The van der Waals surface area contributed by atoms with Gasteiger partial charge in [-0.05, 0) is 39.7 Å². The molecule has 102 valence electrons. The van der Waals surface area contributed by atoms with E-state index in [1.165, 1.54) is 0 Å². The van der Waals surface area contributed by atoms with E-state index in [0.29, 0.717) is 12.1 Å². The molecule has 0 amide bonds. The Morgan fingerprint density at radius 1 is 1.35 bits per heavy atom. The normalized spacial score (nSPS) is 20.6. The van der Waals surface area contributed by atoms with Crippen LogP contribution in [-0.2, 0) is 9.47 Å². The number of piperidine rings is 1. The van der Waals surface area contributed by atoms with Crippen LogP contribution in [0.5, 0.6) is 0 Å². The highest BCUT2D eigenvalue weighted by molar-refractivity contribution is 4.76. The lowest BCUT2D eigenvalue weighted by Crippen LogP contribution is -2.44. The largest absolute Gasteiger partial charge is 0.380 e. The van der Waals surface area contributed by atoms with Gasteiger partial charge < -0.3 is 15.2 Å². The molecule has 1 saturated heterocycles. The van der Waals surface area contributed by atoms with E-state index in [9.17, 15) is 0 Å². The maximum absolute atomic E-state index is 5.79. The van der Waals surface area contributed by atoms with Gasteiger partial charge in [-0.15, -0.1) is 0 Å². The smallest absolute Gasteiger partial charge is 0.0618 e. The number of nitrogens with two attached hydrogens (primary N) is 1. The summed E-state index contributed by atoms with van der Waals surface area (Å²) in [6, 6.07) is 0.528. The lowest BCUT2D eigenvalue weighted by Gasteiger charge is -2.35. The van der Waals surface area contributed by atoms with E-state index in [1.54, 1.807) is 0 Å². The van der Waals surface area contributed by atoms with Crippen molar-refractivity contribution in [3.8, 4) is 0 Å². The van der Waals surface area contributed by atoms with Gasteiger partial charge in [0.05, 0.1) is 12.7 Å². The third kappa shape index (κ3) is 5.82. The molecule has 0 radical (unpaired) electrons. The number of ether oxygens (including phenoxy) is 2. The van der Waals surface area contributed by atoms with Crippen LogP contribution in [0.2, 0.25) is 0 Å². The molecule has 4 heteroatoms. The molecule has 0 saturated carbocycles. The van der Waals surface area contributed by atoms with Gasteiger partial charge in [-0.25, -0.2) is 0 Å². The molecule has 0 bridgehead atoms. The second kappa shape index (κ2) is 8.86. The Morgan fingerprint density at radius 2 is 2.06 bits per heavy atom. The Kier molecular flexibility index (Phi) is 7.77. The van der Waals surface area contributed by atoms with E-state index < -0.39 is 0 Å². The molecule has 1 aliphatic rings. The second-order valence-corrected chi connectivity index (χ2v) is 4.76. The van der Waals surface area contributed by atoms with Crippen molar-refractivity contribution in [2.45, 2.75) is 45.3 Å². The minimum absolute atomic E-state index is 0.442. The highest BCUT2D eigenvalue weighted by atomic mass is 16.5. The molecule has 1 fully saturated rings. The average Bonchev–Trinajstić information content (AvgIpc) is 2.37. The number of hydrogen-bond acceptors (Lipinski definition) is 4. The maximum Gasteiger partial charge on any atom is 0.0618 e. The first-order valence-corrected chi connectivity index (χ1v) is 6.91. The van der Waals surface area contributed by atoms with Crippen LogP contribution in [0, 0.1) is 0 Å². The molecule has 1 atom stereocenters. The average molecular weight is 244 g/mol. The molecular formula is C13H28N2O2. The maximum atomic E-state index is 5.79. The Labute approximate surface area is 105 Å². The predicted molar refractivity (Wildman–Crippen MR) is 70.2 cm³/mol. The van der Waals surface area contributed by atoms with Crippen molar-refractivity contribution in [3.05, 3.63) is 0 Å². The first kappa shape index (κ1) is 14.9. The van der Waals surface area contributed by atoms with Crippen molar-refractivity contribution in [1.29, 1.82) is 0 Å². The standard InChI is InChI=1S/C13H28N2O2/c1-3-16-11-12(2)15-8-5-13(6-9-15)17-10-4-7-14/h12-13H,3-11,14H2,1-2H3. The van der Waals surface area contributed by atoms with E-state index in [4.69, 9.17) is 15.2 Å². The Bertz CT molecular complexity index is 182. The van der Waals surface area contributed by atoms with Crippen molar-refractivity contribution in [2.75, 3.05) is 39.5 Å².